The van der Waals surface area contributed by atoms with Gasteiger partial charge in [-0.15, -0.1) is 11.3 Å². The van der Waals surface area contributed by atoms with Crippen LogP contribution in [0.15, 0.2) is 42.3 Å². The van der Waals surface area contributed by atoms with Crippen LogP contribution in [0.1, 0.15) is 15.9 Å². The molecule has 3 aromatic rings. The molecule has 0 saturated heterocycles. The van der Waals surface area contributed by atoms with Crippen LogP contribution < -0.4 is 5.32 Å². The van der Waals surface area contributed by atoms with E-state index in [1.807, 2.05) is 31.6 Å². The Morgan fingerprint density at radius 1 is 1.35 bits per heavy atom. The number of hydrogen-bond donors (Lipinski definition) is 1. The van der Waals surface area contributed by atoms with E-state index in [1.165, 1.54) is 17.5 Å². The molecule has 7 nitrogen and oxygen atoms in total. The summed E-state index contributed by atoms with van der Waals surface area (Å²) in [5, 5.41) is 9.52. The van der Waals surface area contributed by atoms with E-state index in [2.05, 4.69) is 25.3 Å². The Morgan fingerprint density at radius 3 is 2.96 bits per heavy atom. The Hall–Kier alpha value is -2.58. The van der Waals surface area contributed by atoms with Crippen LogP contribution in [0, 0.1) is 0 Å². The van der Waals surface area contributed by atoms with Gasteiger partial charge in [0, 0.05) is 30.5 Å². The molecular formula is C15H16N6OS. The third-order valence-electron chi connectivity index (χ3n) is 3.02. The van der Waals surface area contributed by atoms with E-state index in [0.29, 0.717) is 11.4 Å². The molecule has 0 aromatic carbocycles. The molecule has 3 rings (SSSR count). The van der Waals surface area contributed by atoms with Crippen LogP contribution in [-0.4, -0.2) is 44.7 Å². The third-order valence-corrected chi connectivity index (χ3v) is 3.79. The number of rotatable bonds is 5. The molecule has 0 spiro atoms. The summed E-state index contributed by atoms with van der Waals surface area (Å²) in [5.41, 5.74) is 1.54. The zero-order chi connectivity index (χ0) is 16.2. The molecule has 0 unspecified atom stereocenters. The highest BCUT2D eigenvalue weighted by atomic mass is 32.1. The second-order valence-corrected chi connectivity index (χ2v) is 6.10. The SMILES string of the molecule is CN(C)Cc1ccnc(NC(=O)c2cnn(-c3nccs3)c2)c1. The number of thiazole rings is 1. The van der Waals surface area contributed by atoms with Gasteiger partial charge in [0.1, 0.15) is 5.82 Å². The van der Waals surface area contributed by atoms with Crippen molar-refractivity contribution in [3.8, 4) is 5.13 Å². The Labute approximate surface area is 137 Å². The van der Waals surface area contributed by atoms with E-state index >= 15 is 0 Å². The maximum atomic E-state index is 12.3. The fourth-order valence-corrected chi connectivity index (χ4v) is 2.64. The number of aromatic nitrogens is 4. The number of nitrogens with zero attached hydrogens (tertiary/aromatic N) is 5. The van der Waals surface area contributed by atoms with Gasteiger partial charge in [-0.2, -0.15) is 5.10 Å². The summed E-state index contributed by atoms with van der Waals surface area (Å²) in [6.45, 7) is 0.785. The van der Waals surface area contributed by atoms with Crippen molar-refractivity contribution in [2.24, 2.45) is 0 Å². The molecule has 1 amide bonds. The summed E-state index contributed by atoms with van der Waals surface area (Å²) < 4.78 is 1.58. The summed E-state index contributed by atoms with van der Waals surface area (Å²) in [5.74, 6) is 0.277. The molecular weight excluding hydrogens is 312 g/mol. The Morgan fingerprint density at radius 2 is 2.22 bits per heavy atom. The Kier molecular flexibility index (Phi) is 4.45. The van der Waals surface area contributed by atoms with Gasteiger partial charge in [0.15, 0.2) is 0 Å². The van der Waals surface area contributed by atoms with Crippen molar-refractivity contribution in [2.45, 2.75) is 6.54 Å². The smallest absolute Gasteiger partial charge is 0.260 e. The van der Waals surface area contributed by atoms with Crippen molar-refractivity contribution in [1.82, 2.24) is 24.6 Å². The van der Waals surface area contributed by atoms with Crippen LogP contribution in [0.5, 0.6) is 0 Å². The monoisotopic (exact) mass is 328 g/mol. The summed E-state index contributed by atoms with van der Waals surface area (Å²) in [6, 6.07) is 3.79. The average molecular weight is 328 g/mol. The normalized spacial score (nSPS) is 10.9. The average Bonchev–Trinajstić information content (AvgIpc) is 3.18. The highest BCUT2D eigenvalue weighted by Gasteiger charge is 2.11. The van der Waals surface area contributed by atoms with Crippen molar-refractivity contribution in [1.29, 1.82) is 0 Å². The molecule has 1 N–H and O–H groups in total. The fraction of sp³-hybridized carbons (Fsp3) is 0.200. The first-order chi connectivity index (χ1) is 11.1. The van der Waals surface area contributed by atoms with Gasteiger partial charge in [0.25, 0.3) is 5.91 Å². The van der Waals surface area contributed by atoms with Crippen LogP contribution >= 0.6 is 11.3 Å². The molecule has 23 heavy (non-hydrogen) atoms. The molecule has 0 fully saturated rings. The van der Waals surface area contributed by atoms with Crippen LogP contribution in [0.3, 0.4) is 0 Å². The van der Waals surface area contributed by atoms with Crippen LogP contribution in [0.2, 0.25) is 0 Å². The van der Waals surface area contributed by atoms with Crippen LogP contribution in [-0.2, 0) is 6.54 Å². The molecule has 0 radical (unpaired) electrons. The van der Waals surface area contributed by atoms with Crippen molar-refractivity contribution >= 4 is 23.1 Å². The zero-order valence-corrected chi connectivity index (χ0v) is 13.6. The van der Waals surface area contributed by atoms with Crippen LogP contribution in [0.25, 0.3) is 5.13 Å². The summed E-state index contributed by atoms with van der Waals surface area (Å²) >= 11 is 1.45. The topological polar surface area (TPSA) is 75.9 Å². The van der Waals surface area contributed by atoms with Gasteiger partial charge < -0.3 is 10.2 Å². The summed E-state index contributed by atoms with van der Waals surface area (Å²) in [6.07, 6.45) is 6.55. The molecule has 3 heterocycles. The number of amides is 1. The lowest BCUT2D eigenvalue weighted by atomic mass is 10.2. The summed E-state index contributed by atoms with van der Waals surface area (Å²) in [7, 11) is 3.98. The quantitative estimate of drug-likeness (QED) is 0.775. The van der Waals surface area contributed by atoms with Gasteiger partial charge in [-0.05, 0) is 31.8 Å². The second kappa shape index (κ2) is 6.67. The lowest BCUT2D eigenvalue weighted by Gasteiger charge is -2.10. The van der Waals surface area contributed by atoms with E-state index in [1.54, 1.807) is 23.3 Å². The molecule has 8 heteroatoms. The van der Waals surface area contributed by atoms with E-state index in [-0.39, 0.29) is 5.91 Å². The van der Waals surface area contributed by atoms with Gasteiger partial charge >= 0.3 is 0 Å². The predicted octanol–water partition coefficient (Wildman–Crippen LogP) is 2.04. The lowest BCUT2D eigenvalue weighted by molar-refractivity contribution is 0.102. The van der Waals surface area contributed by atoms with Gasteiger partial charge in [0.05, 0.1) is 11.8 Å². The molecule has 0 aliphatic carbocycles. The molecule has 118 valence electrons. The van der Waals surface area contributed by atoms with Gasteiger partial charge in [-0.1, -0.05) is 0 Å². The van der Waals surface area contributed by atoms with Gasteiger partial charge in [-0.3, -0.25) is 4.79 Å². The minimum absolute atomic E-state index is 0.248. The molecule has 0 aliphatic heterocycles. The highest BCUT2D eigenvalue weighted by Crippen LogP contribution is 2.13. The fourth-order valence-electron chi connectivity index (χ4n) is 2.07. The molecule has 0 aliphatic rings. The van der Waals surface area contributed by atoms with E-state index in [4.69, 9.17) is 0 Å². The van der Waals surface area contributed by atoms with Gasteiger partial charge in [0.2, 0.25) is 5.13 Å². The first-order valence-corrected chi connectivity index (χ1v) is 7.85. The maximum absolute atomic E-state index is 12.3. The zero-order valence-electron chi connectivity index (χ0n) is 12.8. The van der Waals surface area contributed by atoms with Crippen molar-refractivity contribution in [3.05, 3.63) is 53.4 Å². The third kappa shape index (κ3) is 3.79. The number of carbonyl (C=O) groups is 1. The molecule has 0 bridgehead atoms. The van der Waals surface area contributed by atoms with Crippen molar-refractivity contribution in [3.63, 3.8) is 0 Å². The highest BCUT2D eigenvalue weighted by molar-refractivity contribution is 7.12. The predicted molar refractivity (Wildman–Crippen MR) is 88.8 cm³/mol. The second-order valence-electron chi connectivity index (χ2n) is 5.23. The lowest BCUT2D eigenvalue weighted by Crippen LogP contribution is -2.14. The molecule has 0 atom stereocenters. The van der Waals surface area contributed by atoms with Crippen molar-refractivity contribution < 1.29 is 4.79 Å². The number of nitrogens with one attached hydrogen (secondary N) is 1. The van der Waals surface area contributed by atoms with E-state index in [0.717, 1.165) is 17.2 Å². The summed E-state index contributed by atoms with van der Waals surface area (Å²) in [4.78, 5) is 22.7. The largest absolute Gasteiger partial charge is 0.306 e. The standard InChI is InChI=1S/C15H16N6OS/c1-20(2)9-11-3-4-16-13(7-11)19-14(22)12-8-18-21(10-12)15-17-5-6-23-15/h3-8,10H,9H2,1-2H3,(H,16,19,22). The maximum Gasteiger partial charge on any atom is 0.260 e. The van der Waals surface area contributed by atoms with Crippen LogP contribution in [0.4, 0.5) is 5.82 Å². The minimum atomic E-state index is -0.248. The number of pyridine rings is 1. The number of anilines is 1. The van der Waals surface area contributed by atoms with E-state index < -0.39 is 0 Å². The number of carbonyl (C=O) groups excluding carboxylic acids is 1. The molecule has 0 saturated carbocycles. The first-order valence-electron chi connectivity index (χ1n) is 6.97. The Balaban J connectivity index is 1.72. The molecule has 3 aromatic heterocycles. The van der Waals surface area contributed by atoms with Gasteiger partial charge in [-0.25, -0.2) is 14.6 Å². The van der Waals surface area contributed by atoms with E-state index in [9.17, 15) is 4.79 Å². The van der Waals surface area contributed by atoms with Crippen molar-refractivity contribution in [2.75, 3.05) is 19.4 Å². The number of hydrogen-bond acceptors (Lipinski definition) is 6. The Bertz CT molecular complexity index is 796. The minimum Gasteiger partial charge on any atom is -0.306 e. The first kappa shape index (κ1) is 15.3.